The minimum Gasteiger partial charge on any atom is -0.778 e. The molecule has 6 aromatic rings. The summed E-state index contributed by atoms with van der Waals surface area (Å²) < 4.78 is 149. The average Bonchev–Trinajstić information content (AvgIpc) is 0.804. The van der Waals surface area contributed by atoms with Gasteiger partial charge in [-0.2, -0.15) is 46.5 Å². The fourth-order valence-electron chi connectivity index (χ4n) is 6.09. The van der Waals surface area contributed by atoms with E-state index < -0.39 is 113 Å². The van der Waals surface area contributed by atoms with Gasteiger partial charge in [-0.1, -0.05) is 48.3 Å². The monoisotopic (exact) mass is 1440 g/mol. The number of nitrogens with zero attached hydrogens (tertiary/aromatic N) is 7. The number of alkyl halides is 3. The van der Waals surface area contributed by atoms with Crippen molar-refractivity contribution in [3.05, 3.63) is 122 Å². The van der Waals surface area contributed by atoms with Crippen molar-refractivity contribution in [2.45, 2.75) is 47.7 Å². The van der Waals surface area contributed by atoms with Gasteiger partial charge in [0.25, 0.3) is 25.7 Å². The first-order valence-electron chi connectivity index (χ1n) is 24.9. The summed E-state index contributed by atoms with van der Waals surface area (Å²) in [6.45, 7) is 2.38. The molecule has 7 N–H and O–H groups in total. The first-order valence-corrected chi connectivity index (χ1v) is 34.5. The van der Waals surface area contributed by atoms with Gasteiger partial charge in [0.2, 0.25) is 23.7 Å². The van der Waals surface area contributed by atoms with Crippen LogP contribution in [-0.4, -0.2) is 166 Å². The number of esters is 1. The number of nitro benzene ring substituents is 1. The summed E-state index contributed by atoms with van der Waals surface area (Å²) in [5.74, 6) is -2.07. The number of ether oxygens (including phenoxy) is 5. The molecule has 92 heavy (non-hydrogen) atoms. The van der Waals surface area contributed by atoms with Crippen molar-refractivity contribution in [2.75, 3.05) is 76.4 Å². The summed E-state index contributed by atoms with van der Waals surface area (Å²) in [6, 6.07) is 14.6. The zero-order valence-corrected chi connectivity index (χ0v) is 55.0. The number of halogens is 5. The third-order valence-electron chi connectivity index (χ3n) is 9.84. The van der Waals surface area contributed by atoms with Crippen LogP contribution in [0.25, 0.3) is 0 Å². The molecule has 0 bridgehead atoms. The first-order chi connectivity index (χ1) is 42.7. The highest BCUT2D eigenvalue weighted by molar-refractivity contribution is 7.94. The first kappa shape index (κ1) is 79.8. The van der Waals surface area contributed by atoms with Gasteiger partial charge in [0.1, 0.15) is 35.4 Å². The van der Waals surface area contributed by atoms with Crippen LogP contribution < -0.4 is 49.2 Å². The summed E-state index contributed by atoms with van der Waals surface area (Å²) >= 11 is 11.8. The predicted octanol–water partition coefficient (Wildman–Crippen LogP) is 5.53. The van der Waals surface area contributed by atoms with E-state index in [1.165, 1.54) is 83.7 Å². The second kappa shape index (κ2) is 36.6. The minimum atomic E-state index is -4.61. The average molecular weight is 1440 g/mol. The molecule has 1 atom stereocenters. The lowest BCUT2D eigenvalue weighted by molar-refractivity contribution is -0.385. The molecule has 0 radical (unpaired) electrons. The number of sulfone groups is 1. The third-order valence-corrected chi connectivity index (χ3v) is 15.6. The van der Waals surface area contributed by atoms with Crippen molar-refractivity contribution >= 4 is 113 Å². The molecular formula is C49H58Cl2F3N12O21PS4. The van der Waals surface area contributed by atoms with Crippen LogP contribution in [0.2, 0.25) is 10.0 Å². The van der Waals surface area contributed by atoms with Crippen LogP contribution in [0, 0.1) is 17.0 Å². The van der Waals surface area contributed by atoms with E-state index in [4.69, 9.17) is 52.1 Å². The highest BCUT2D eigenvalue weighted by Gasteiger charge is 2.31. The number of benzene rings is 3. The number of pyridine rings is 1. The number of anilines is 2. The Bertz CT molecular complexity index is 3940. The zero-order chi connectivity index (χ0) is 70.0. The molecule has 6 rings (SSSR count). The number of hydrogen-bond donors (Lipinski definition) is 7. The fraction of sp³-hybridized carbons (Fsp3) is 0.306. The maximum Gasteiger partial charge on any atom is 0.389 e. The van der Waals surface area contributed by atoms with E-state index in [0.29, 0.717) is 21.7 Å². The van der Waals surface area contributed by atoms with E-state index in [1.807, 2.05) is 5.32 Å². The SMILES string of the molecule is CCS(=O)(=O)c1cccnc1S(=O)(=O)NC(=O)Nc1nc(OC)cc(OC)n1.COC(=O)c1cc(Oc2ccc(Cl)cc2Cl)ccc1[N+](=O)[O-].COc1nc(C)nc(NC(=O)NS(=O)(=O)c2ccccc2CCC(F)(F)F)n1.C[S+](C)C.O=C(O)CNCP(=O)([O-])O. The summed E-state index contributed by atoms with van der Waals surface area (Å²) in [5.41, 5.74) is -0.658. The summed E-state index contributed by atoms with van der Waals surface area (Å²) in [7, 11) is -11.6. The van der Waals surface area contributed by atoms with Crippen molar-refractivity contribution < 1.29 is 106 Å². The lowest BCUT2D eigenvalue weighted by Crippen LogP contribution is -2.36. The number of carbonyl (C=O) groups excluding carboxylic acids is 3. The van der Waals surface area contributed by atoms with Crippen LogP contribution in [0.3, 0.4) is 0 Å². The zero-order valence-electron chi connectivity index (χ0n) is 49.4. The number of sulfonamides is 2. The number of carbonyl (C=O) groups is 4. The van der Waals surface area contributed by atoms with Gasteiger partial charge in [0.15, 0.2) is 14.9 Å². The standard InChI is InChI=1S/C15H16F3N5O4S.C14H9Cl2NO5.C14H17N5O7S2.C3H8NO5P.C3H9S/c1-9-19-12(22-14(20-9)27-2)21-13(24)23-28(25,26)11-6-4-3-5-10(11)7-8-15(16,17)18;1-21-14(18)10-7-9(3-4-12(10)17(19)20)22-13-5-2-8(15)6-11(13)16;1-4-27(21,22)9-6-5-7-15-12(9)28(23,24)19-14(20)18-13-16-10(25-2)8-11(17-13)26-3;5-3(6)1-4-2-10(7,8)9;1-4(2)3/h3-6H,7-8H2,1-2H3,(H2,19,20,21,22,23,24);2-7H,1H3;5-8H,4H2,1-3H3,(H2,16,17,18,19,20);4H,1-2H2,(H,5,6)(H2,7,8,9);1-3H3/q;;;;+1/p-1. The Balaban J connectivity index is 0.000000427. The van der Waals surface area contributed by atoms with Gasteiger partial charge < -0.3 is 43.1 Å². The predicted molar refractivity (Wildman–Crippen MR) is 324 cm³/mol. The van der Waals surface area contributed by atoms with Crippen LogP contribution in [0.1, 0.15) is 35.1 Å². The molecule has 0 saturated carbocycles. The van der Waals surface area contributed by atoms with Gasteiger partial charge in [-0.15, -0.1) is 0 Å². The van der Waals surface area contributed by atoms with Gasteiger partial charge in [-0.05, 0) is 72.3 Å². The Morgan fingerprint density at radius 3 is 1.85 bits per heavy atom. The second-order valence-corrected chi connectivity index (χ2v) is 27.8. The number of nitrogens with one attached hydrogen (secondary N) is 5. The smallest absolute Gasteiger partial charge is 0.389 e. The molecule has 0 aliphatic heterocycles. The number of carboxylic acids is 1. The number of methoxy groups -OCH3 is 4. The van der Waals surface area contributed by atoms with Gasteiger partial charge in [-0.25, -0.2) is 45.6 Å². The molecule has 4 amide bonds. The van der Waals surface area contributed by atoms with Crippen LogP contribution in [0.5, 0.6) is 29.3 Å². The number of amides is 4. The molecule has 3 aromatic heterocycles. The van der Waals surface area contributed by atoms with E-state index in [2.05, 4.69) is 64.0 Å². The summed E-state index contributed by atoms with van der Waals surface area (Å²) in [4.78, 5) is 95.4. The van der Waals surface area contributed by atoms with Crippen molar-refractivity contribution in [1.82, 2.24) is 44.7 Å². The number of urea groups is 2. The van der Waals surface area contributed by atoms with Crippen LogP contribution in [0.4, 0.5) is 40.3 Å². The number of aromatic nitrogens is 6. The maximum absolute atomic E-state index is 12.5. The number of aliphatic carboxylic acids is 1. The largest absolute Gasteiger partial charge is 0.778 e. The molecule has 0 spiro atoms. The second-order valence-electron chi connectivity index (χ2n) is 17.5. The van der Waals surface area contributed by atoms with Crippen LogP contribution >= 0.6 is 30.8 Å². The molecule has 43 heteroatoms. The lowest BCUT2D eigenvalue weighted by Gasteiger charge is -2.14. The maximum atomic E-state index is 12.5. The highest BCUT2D eigenvalue weighted by Crippen LogP contribution is 2.34. The van der Waals surface area contributed by atoms with Crippen molar-refractivity contribution in [3.8, 4) is 29.3 Å². The van der Waals surface area contributed by atoms with Crippen LogP contribution in [-0.2, 0) is 61.3 Å². The summed E-state index contributed by atoms with van der Waals surface area (Å²) in [6.07, 6.45) is 0.773. The Labute approximate surface area is 536 Å². The van der Waals surface area contributed by atoms with E-state index in [-0.39, 0.29) is 68.8 Å². The van der Waals surface area contributed by atoms with Gasteiger partial charge >= 0.3 is 36.2 Å². The van der Waals surface area contributed by atoms with Gasteiger partial charge in [0, 0.05) is 29.8 Å². The fourth-order valence-corrected chi connectivity index (χ4v) is 10.7. The van der Waals surface area contributed by atoms with Crippen LogP contribution in [0.15, 0.2) is 99.9 Å². The molecule has 0 aliphatic rings. The summed E-state index contributed by atoms with van der Waals surface area (Å²) in [5, 5.41) is 25.0. The Hall–Kier alpha value is -8.34. The molecule has 33 nitrogen and oxygen atoms in total. The number of carboxylic acid groups (broad SMARTS) is 1. The quantitative estimate of drug-likeness (QED) is 0.0153. The number of hydrogen-bond acceptors (Lipinski definition) is 26. The molecule has 0 aliphatic carbocycles. The van der Waals surface area contributed by atoms with Crippen molar-refractivity contribution in [3.63, 3.8) is 0 Å². The molecule has 0 fully saturated rings. The normalized spacial score (nSPS) is 11.7. The van der Waals surface area contributed by atoms with Gasteiger partial charge in [0.05, 0.1) is 86.7 Å². The van der Waals surface area contributed by atoms with E-state index in [0.717, 1.165) is 31.5 Å². The highest BCUT2D eigenvalue weighted by atomic mass is 35.5. The van der Waals surface area contributed by atoms with E-state index in [9.17, 15) is 77.2 Å². The number of rotatable bonds is 21. The van der Waals surface area contributed by atoms with Gasteiger partial charge in [-0.3, -0.25) is 30.9 Å². The molecule has 504 valence electrons. The topological polar surface area (TPSA) is 478 Å². The molecule has 3 heterocycles. The molecule has 0 saturated heterocycles. The van der Waals surface area contributed by atoms with Crippen molar-refractivity contribution in [2.24, 2.45) is 0 Å². The molecular weight excluding hydrogens is 1380 g/mol. The minimum absolute atomic E-state index is 0.0612. The molecule has 1 unspecified atom stereocenters. The Morgan fingerprint density at radius 2 is 1.34 bits per heavy atom. The van der Waals surface area contributed by atoms with Crippen molar-refractivity contribution in [1.29, 1.82) is 0 Å². The Morgan fingerprint density at radius 1 is 0.772 bits per heavy atom. The molecule has 3 aromatic carbocycles. The lowest BCUT2D eigenvalue weighted by atomic mass is 10.1. The Kier molecular flexibility index (Phi) is 31.8. The van der Waals surface area contributed by atoms with E-state index in [1.54, 1.807) is 21.6 Å². The third kappa shape index (κ3) is 28.9. The van der Waals surface area contributed by atoms with E-state index >= 15 is 0 Å². The number of nitro groups is 1. The number of aryl methyl sites for hydroxylation is 2.